The molecular formula is C26H40NO7P. The molecule has 0 aliphatic carbocycles. The predicted octanol–water partition coefficient (Wildman–Crippen LogP) is 4.86. The molecule has 2 rings (SSSR count). The maximum Gasteiger partial charge on any atom is 0.258 e. The highest BCUT2D eigenvalue weighted by molar-refractivity contribution is 7.59. The van der Waals surface area contributed by atoms with Crippen LogP contribution in [0.4, 0.5) is 0 Å². The average Bonchev–Trinajstić information content (AvgIpc) is 2.88. The topological polar surface area (TPSA) is 117 Å². The third-order valence-corrected chi connectivity index (χ3v) is 7.96. The van der Waals surface area contributed by atoms with Gasteiger partial charge >= 0.3 is 0 Å². The summed E-state index contributed by atoms with van der Waals surface area (Å²) in [5.74, 6) is 0.392. The number of rotatable bonds is 18. The maximum atomic E-state index is 14.0. The van der Waals surface area contributed by atoms with E-state index in [2.05, 4.69) is 5.32 Å². The number of benzene rings is 2. The second-order valence-corrected chi connectivity index (χ2v) is 10.9. The zero-order valence-electron chi connectivity index (χ0n) is 20.8. The monoisotopic (exact) mass is 509 g/mol. The summed E-state index contributed by atoms with van der Waals surface area (Å²) in [6.07, 6.45) is 2.54. The van der Waals surface area contributed by atoms with Crippen LogP contribution in [0.5, 0.6) is 17.2 Å². The Kier molecular flexibility index (Phi) is 13.2. The summed E-state index contributed by atoms with van der Waals surface area (Å²) in [6, 6.07) is 13.9. The van der Waals surface area contributed by atoms with Crippen LogP contribution in [0.2, 0.25) is 0 Å². The summed E-state index contributed by atoms with van der Waals surface area (Å²) in [4.78, 5) is 0. The smallest absolute Gasteiger partial charge is 0.258 e. The van der Waals surface area contributed by atoms with Crippen molar-refractivity contribution in [2.75, 3.05) is 26.1 Å². The molecule has 3 unspecified atom stereocenters. The minimum atomic E-state index is -3.41. The summed E-state index contributed by atoms with van der Waals surface area (Å²) < 4.78 is 31.4. The van der Waals surface area contributed by atoms with Crippen LogP contribution in [-0.2, 0) is 15.7 Å². The van der Waals surface area contributed by atoms with Crippen molar-refractivity contribution in [2.24, 2.45) is 0 Å². The molecule has 35 heavy (non-hydrogen) atoms. The molecule has 2 aromatic carbocycles. The maximum absolute atomic E-state index is 14.0. The van der Waals surface area contributed by atoms with Gasteiger partial charge in [0.25, 0.3) is 7.37 Å². The van der Waals surface area contributed by atoms with E-state index in [-0.39, 0.29) is 18.7 Å². The number of unbranched alkanes of at least 4 members (excludes halogenated alkanes) is 1. The SMILES string of the molecule is CCCCC(O)C(NCCCOc1ccc(O)c(CO)c1)P(=O)(COc1ccccc1)OCCC. The molecule has 0 amide bonds. The molecule has 0 fully saturated rings. The molecule has 3 atom stereocenters. The average molecular weight is 510 g/mol. The van der Waals surface area contributed by atoms with Gasteiger partial charge in [0.15, 0.2) is 6.35 Å². The zero-order valence-corrected chi connectivity index (χ0v) is 21.7. The van der Waals surface area contributed by atoms with Crippen molar-refractivity contribution in [1.29, 1.82) is 0 Å². The van der Waals surface area contributed by atoms with Gasteiger partial charge in [-0.25, -0.2) is 0 Å². The van der Waals surface area contributed by atoms with E-state index >= 15 is 0 Å². The van der Waals surface area contributed by atoms with Crippen molar-refractivity contribution in [2.45, 2.75) is 64.4 Å². The Bertz CT molecular complexity index is 897. The minimum absolute atomic E-state index is 0.0194. The molecule has 0 radical (unpaired) electrons. The van der Waals surface area contributed by atoms with E-state index in [1.165, 1.54) is 6.07 Å². The van der Waals surface area contributed by atoms with E-state index in [0.29, 0.717) is 56.1 Å². The Morgan fingerprint density at radius 3 is 2.43 bits per heavy atom. The molecule has 0 aliphatic heterocycles. The van der Waals surface area contributed by atoms with Gasteiger partial charge in [-0.2, -0.15) is 0 Å². The summed E-state index contributed by atoms with van der Waals surface area (Å²) in [6.45, 7) is 4.83. The molecule has 0 spiro atoms. The molecule has 196 valence electrons. The number of hydrogen-bond acceptors (Lipinski definition) is 8. The van der Waals surface area contributed by atoms with E-state index < -0.39 is 19.3 Å². The van der Waals surface area contributed by atoms with Crippen LogP contribution in [0.25, 0.3) is 0 Å². The van der Waals surface area contributed by atoms with Crippen LogP contribution in [0.1, 0.15) is 51.5 Å². The van der Waals surface area contributed by atoms with Crippen LogP contribution >= 0.6 is 7.37 Å². The van der Waals surface area contributed by atoms with Gasteiger partial charge in [0.2, 0.25) is 0 Å². The molecular weight excluding hydrogens is 469 g/mol. The number of aliphatic hydroxyl groups is 2. The number of aliphatic hydroxyl groups excluding tert-OH is 2. The first-order valence-corrected chi connectivity index (χ1v) is 14.2. The van der Waals surface area contributed by atoms with Crippen molar-refractivity contribution in [3.8, 4) is 17.2 Å². The second kappa shape index (κ2) is 15.8. The van der Waals surface area contributed by atoms with Gasteiger partial charge in [-0.05, 0) is 56.1 Å². The molecule has 9 heteroatoms. The van der Waals surface area contributed by atoms with Gasteiger partial charge in [-0.1, -0.05) is 44.9 Å². The van der Waals surface area contributed by atoms with E-state index in [9.17, 15) is 19.9 Å². The molecule has 0 aromatic heterocycles. The van der Waals surface area contributed by atoms with Crippen LogP contribution in [0.3, 0.4) is 0 Å². The van der Waals surface area contributed by atoms with Crippen LogP contribution < -0.4 is 14.8 Å². The highest BCUT2D eigenvalue weighted by Gasteiger charge is 2.39. The molecule has 2 aromatic rings. The van der Waals surface area contributed by atoms with Crippen molar-refractivity contribution in [1.82, 2.24) is 5.32 Å². The highest BCUT2D eigenvalue weighted by atomic mass is 31.2. The number of hydrogen-bond donors (Lipinski definition) is 4. The lowest BCUT2D eigenvalue weighted by Crippen LogP contribution is -2.42. The molecule has 0 bridgehead atoms. The molecule has 4 N–H and O–H groups in total. The predicted molar refractivity (Wildman–Crippen MR) is 137 cm³/mol. The third-order valence-electron chi connectivity index (χ3n) is 5.47. The summed E-state index contributed by atoms with van der Waals surface area (Å²) in [5, 5.41) is 33.2. The summed E-state index contributed by atoms with van der Waals surface area (Å²) in [7, 11) is -3.41. The first kappa shape index (κ1) is 29.1. The fraction of sp³-hybridized carbons (Fsp3) is 0.538. The standard InChI is InChI=1S/C26H40NO7P/c1-3-5-12-25(30)26(27-15-9-17-32-23-13-14-24(29)21(18-23)19-28)35(31,34-16-4-2)20-33-22-10-7-6-8-11-22/h6-8,10-11,13-14,18,25-30H,3-5,9,12,15-17,19-20H2,1-2H3. The Balaban J connectivity index is 2.02. The van der Waals surface area contributed by atoms with Gasteiger partial charge in [0, 0.05) is 5.56 Å². The lowest BCUT2D eigenvalue weighted by molar-refractivity contribution is 0.131. The molecule has 0 saturated heterocycles. The van der Waals surface area contributed by atoms with E-state index in [0.717, 1.165) is 12.8 Å². The Labute approximate surface area is 208 Å². The van der Waals surface area contributed by atoms with Gasteiger partial charge in [-0.15, -0.1) is 0 Å². The first-order valence-electron chi connectivity index (χ1n) is 12.3. The van der Waals surface area contributed by atoms with Crippen molar-refractivity contribution in [3.63, 3.8) is 0 Å². The number of para-hydroxylation sites is 1. The van der Waals surface area contributed by atoms with Crippen LogP contribution in [-0.4, -0.2) is 53.3 Å². The normalized spacial score (nSPS) is 14.7. The lowest BCUT2D eigenvalue weighted by Gasteiger charge is -2.32. The minimum Gasteiger partial charge on any atom is -0.508 e. The largest absolute Gasteiger partial charge is 0.508 e. The van der Waals surface area contributed by atoms with E-state index in [1.807, 2.05) is 32.0 Å². The quantitative estimate of drug-likeness (QED) is 0.166. The zero-order chi connectivity index (χ0) is 25.5. The molecule has 0 aliphatic rings. The van der Waals surface area contributed by atoms with Crippen molar-refractivity contribution < 1.29 is 33.9 Å². The number of nitrogens with one attached hydrogen (secondary N) is 1. The van der Waals surface area contributed by atoms with E-state index in [4.69, 9.17) is 14.0 Å². The van der Waals surface area contributed by atoms with Gasteiger partial charge in [-0.3, -0.25) is 4.57 Å². The summed E-state index contributed by atoms with van der Waals surface area (Å²) in [5.41, 5.74) is 0.396. The van der Waals surface area contributed by atoms with Gasteiger partial charge in [0.1, 0.15) is 23.0 Å². The molecule has 8 nitrogen and oxygen atoms in total. The van der Waals surface area contributed by atoms with Gasteiger partial charge < -0.3 is 34.6 Å². The fourth-order valence-corrected chi connectivity index (χ4v) is 5.82. The van der Waals surface area contributed by atoms with Crippen molar-refractivity contribution >= 4 is 7.37 Å². The Hall–Kier alpha value is -2.09. The lowest BCUT2D eigenvalue weighted by atomic mass is 10.1. The third kappa shape index (κ3) is 9.82. The van der Waals surface area contributed by atoms with Gasteiger partial charge in [0.05, 0.1) is 25.9 Å². The number of phenols is 1. The number of ether oxygens (including phenoxy) is 2. The Morgan fingerprint density at radius 1 is 0.971 bits per heavy atom. The number of aromatic hydroxyl groups is 1. The first-order chi connectivity index (χ1) is 16.9. The fourth-order valence-electron chi connectivity index (χ4n) is 3.52. The van der Waals surface area contributed by atoms with Crippen LogP contribution in [0, 0.1) is 0 Å². The highest BCUT2D eigenvalue weighted by Crippen LogP contribution is 2.52. The molecule has 0 saturated carbocycles. The summed E-state index contributed by atoms with van der Waals surface area (Å²) >= 11 is 0. The second-order valence-electron chi connectivity index (χ2n) is 8.41. The van der Waals surface area contributed by atoms with Crippen LogP contribution in [0.15, 0.2) is 48.5 Å². The Morgan fingerprint density at radius 2 is 1.74 bits per heavy atom. The van der Waals surface area contributed by atoms with E-state index in [1.54, 1.807) is 24.3 Å². The van der Waals surface area contributed by atoms with Crippen molar-refractivity contribution in [3.05, 3.63) is 54.1 Å². The molecule has 0 heterocycles.